The number of carbonyl (C=O) groups is 6. The molecule has 0 aliphatic carbocycles. The monoisotopic (exact) mass is 1160 g/mol. The summed E-state index contributed by atoms with van der Waals surface area (Å²) in [5.41, 5.74) is 6.00. The number of nitrogens with zero attached hydrogens (tertiary/aromatic N) is 1. The highest BCUT2D eigenvalue weighted by atomic mass is 16.5. The van der Waals surface area contributed by atoms with Crippen molar-refractivity contribution in [1.82, 2.24) is 10.2 Å². The molecule has 0 radical (unpaired) electrons. The molecule has 1 atom stereocenters. The summed E-state index contributed by atoms with van der Waals surface area (Å²) < 4.78 is 12.4. The van der Waals surface area contributed by atoms with Crippen LogP contribution in [0.15, 0.2) is 206 Å². The molecule has 9 rings (SSSR count). The van der Waals surface area contributed by atoms with Crippen molar-refractivity contribution in [2.75, 3.05) is 12.4 Å². The van der Waals surface area contributed by atoms with Crippen LogP contribution in [-0.4, -0.2) is 59.2 Å². The van der Waals surface area contributed by atoms with Crippen LogP contribution in [0, 0.1) is 23.7 Å². The number of aldehydes is 2. The predicted molar refractivity (Wildman–Crippen MR) is 343 cm³/mol. The third kappa shape index (κ3) is 14.4. The Bertz CT molecular complexity index is 4210. The first-order chi connectivity index (χ1) is 42.4. The van der Waals surface area contributed by atoms with E-state index in [1.54, 1.807) is 96.9 Å². The van der Waals surface area contributed by atoms with E-state index in [2.05, 4.69) is 48.2 Å². The van der Waals surface area contributed by atoms with Crippen LogP contribution in [0.2, 0.25) is 0 Å². The zero-order valence-electron chi connectivity index (χ0n) is 49.9. The number of nitrogens with one attached hydrogen (secondary N) is 2. The highest BCUT2D eigenvalue weighted by molar-refractivity contribution is 6.12. The summed E-state index contributed by atoms with van der Waals surface area (Å²) in [7, 11) is 1.66. The Morgan fingerprint density at radius 1 is 0.523 bits per heavy atom. The van der Waals surface area contributed by atoms with Gasteiger partial charge in [0.05, 0.1) is 23.3 Å². The number of anilines is 1. The number of ether oxygens (including phenoxy) is 2. The molecule has 9 aromatic carbocycles. The van der Waals surface area contributed by atoms with Gasteiger partial charge in [0.2, 0.25) is 0 Å². The maximum Gasteiger partial charge on any atom is 0.256 e. The molecule has 12 heteroatoms. The summed E-state index contributed by atoms with van der Waals surface area (Å²) in [6, 6.07) is 60.5. The quantitative estimate of drug-likeness (QED) is 0.0405. The summed E-state index contributed by atoms with van der Waals surface area (Å²) in [5.74, 6) is 12.5. The number of hydrogen-bond donors (Lipinski definition) is 3. The summed E-state index contributed by atoms with van der Waals surface area (Å²) in [6.07, 6.45) is 1.59. The van der Waals surface area contributed by atoms with Gasteiger partial charge in [-0.05, 0) is 195 Å². The third-order valence-electron chi connectivity index (χ3n) is 15.5. The van der Waals surface area contributed by atoms with Crippen molar-refractivity contribution in [1.29, 1.82) is 0 Å². The van der Waals surface area contributed by atoms with Gasteiger partial charge < -0.3 is 30.1 Å². The Morgan fingerprint density at radius 3 is 1.58 bits per heavy atom. The van der Waals surface area contributed by atoms with Gasteiger partial charge in [0.1, 0.15) is 23.0 Å². The highest BCUT2D eigenvalue weighted by Gasteiger charge is 2.36. The van der Waals surface area contributed by atoms with Crippen molar-refractivity contribution in [2.24, 2.45) is 0 Å². The molecule has 0 spiro atoms. The Labute approximate surface area is 513 Å². The van der Waals surface area contributed by atoms with E-state index in [1.165, 1.54) is 12.1 Å². The SMILES string of the molecule is CCC(C)(c1cc(NC(=O)c2cc(Oc3ccc(C(C)(C)c4ccc(Oc5ccc(C(=O)NC(C)C)c(C=O)c5)cc4)cc3)ccc2C=O)cc(C(=O)c2ccc(C#Cc3ccccc3)cc2)c1)N(C)C(=O)c1ccc(C#Cc2ccccc2)cc1CO. The first kappa shape index (κ1) is 61.6. The molecule has 3 amide bonds. The molecule has 0 saturated carbocycles. The minimum Gasteiger partial charge on any atom is -0.457 e. The van der Waals surface area contributed by atoms with Gasteiger partial charge in [0.25, 0.3) is 17.7 Å². The number of hydrogen-bond acceptors (Lipinski definition) is 9. The van der Waals surface area contributed by atoms with Gasteiger partial charge in [-0.2, -0.15) is 0 Å². The van der Waals surface area contributed by atoms with E-state index in [9.17, 15) is 33.9 Å². The molecule has 1 unspecified atom stereocenters. The van der Waals surface area contributed by atoms with Gasteiger partial charge in [-0.25, -0.2) is 0 Å². The van der Waals surface area contributed by atoms with E-state index in [4.69, 9.17) is 9.47 Å². The van der Waals surface area contributed by atoms with Crippen molar-refractivity contribution >= 4 is 41.8 Å². The Kier molecular flexibility index (Phi) is 19.2. The van der Waals surface area contributed by atoms with Crippen molar-refractivity contribution in [2.45, 2.75) is 71.6 Å². The molecule has 3 N–H and O–H groups in total. The molecule has 12 nitrogen and oxygen atoms in total. The second-order valence-corrected chi connectivity index (χ2v) is 22.2. The smallest absolute Gasteiger partial charge is 0.256 e. The van der Waals surface area contributed by atoms with Gasteiger partial charge in [0.15, 0.2) is 18.4 Å². The Hall–Kier alpha value is -10.9. The standard InChI is InChI=1S/C76H65N3O9/c1-8-76(6,79(7)74(86)69-39-25-54(41-58(69)48-81)22-21-52-17-13-10-14-18-52)62-42-57(71(83)55-26-23-53(24-27-55)20-19-51-15-11-9-12-16-51)43-63(45-62)78-73(85)70-46-67(33-28-56(70)47-80)88-65-36-31-61(32-37-65)75(4,5)60-29-34-64(35-30-60)87-66-38-40-68(59(44-66)49-82)72(84)77-50(2)3/h9-18,23-47,49-50,81H,8,48H2,1-7H3,(H,77,84)(H,78,85). The van der Waals surface area contributed by atoms with E-state index in [0.717, 1.165) is 22.3 Å². The fourth-order valence-corrected chi connectivity index (χ4v) is 10.1. The van der Waals surface area contributed by atoms with Crippen molar-refractivity contribution < 1.29 is 43.3 Å². The summed E-state index contributed by atoms with van der Waals surface area (Å²) in [5, 5.41) is 16.3. The van der Waals surface area contributed by atoms with Crippen LogP contribution in [0.5, 0.6) is 23.0 Å². The normalized spacial score (nSPS) is 11.6. The maximum atomic E-state index is 14.7. The van der Waals surface area contributed by atoms with Crippen LogP contribution in [0.3, 0.4) is 0 Å². The minimum atomic E-state index is -1.09. The van der Waals surface area contributed by atoms with Crippen molar-refractivity contribution in [3.63, 3.8) is 0 Å². The second kappa shape index (κ2) is 27.4. The molecule has 438 valence electrons. The Balaban J connectivity index is 0.959. The lowest BCUT2D eigenvalue weighted by atomic mass is 9.78. The lowest BCUT2D eigenvalue weighted by molar-refractivity contribution is 0.0574. The number of aliphatic hydroxyl groups excluding tert-OH is 1. The van der Waals surface area contributed by atoms with Gasteiger partial charge in [-0.1, -0.05) is 105 Å². The number of benzene rings is 9. The number of carbonyl (C=O) groups excluding carboxylic acids is 6. The number of ketones is 1. The van der Waals surface area contributed by atoms with E-state index in [0.29, 0.717) is 64.1 Å². The first-order valence-corrected chi connectivity index (χ1v) is 28.7. The van der Waals surface area contributed by atoms with Gasteiger partial charge in [-0.15, -0.1) is 0 Å². The first-order valence-electron chi connectivity index (χ1n) is 28.7. The van der Waals surface area contributed by atoms with Crippen molar-refractivity contribution in [3.8, 4) is 46.7 Å². The summed E-state index contributed by atoms with van der Waals surface area (Å²) in [6.45, 7) is 11.2. The molecule has 0 fully saturated rings. The lowest BCUT2D eigenvalue weighted by Crippen LogP contribution is -2.45. The molecule has 0 bridgehead atoms. The van der Waals surface area contributed by atoms with E-state index in [-0.39, 0.29) is 68.5 Å². The average molecular weight is 1160 g/mol. The van der Waals surface area contributed by atoms with Crippen LogP contribution in [0.4, 0.5) is 5.69 Å². The van der Waals surface area contributed by atoms with Crippen LogP contribution in [0.25, 0.3) is 0 Å². The topological polar surface area (TPSA) is 168 Å². The molecule has 0 aliphatic heterocycles. The van der Waals surface area contributed by atoms with E-state index >= 15 is 0 Å². The number of aliphatic hydroxyl groups is 1. The largest absolute Gasteiger partial charge is 0.457 e. The molecular weight excluding hydrogens is 1100 g/mol. The van der Waals surface area contributed by atoms with Gasteiger partial charge >= 0.3 is 0 Å². The van der Waals surface area contributed by atoms with Crippen LogP contribution in [-0.2, 0) is 17.6 Å². The van der Waals surface area contributed by atoms with Crippen LogP contribution < -0.4 is 20.1 Å². The van der Waals surface area contributed by atoms with Gasteiger partial charge in [-0.3, -0.25) is 28.8 Å². The molecule has 0 saturated heterocycles. The second-order valence-electron chi connectivity index (χ2n) is 22.2. The number of rotatable bonds is 19. The maximum absolute atomic E-state index is 14.7. The van der Waals surface area contributed by atoms with Crippen LogP contribution in [0.1, 0.15) is 160 Å². The molecule has 0 aromatic heterocycles. The zero-order valence-corrected chi connectivity index (χ0v) is 49.9. The number of amides is 3. The predicted octanol–water partition coefficient (Wildman–Crippen LogP) is 14.5. The molecule has 9 aromatic rings. The Morgan fingerprint density at radius 2 is 1.03 bits per heavy atom. The van der Waals surface area contributed by atoms with Gasteiger partial charge in [0, 0.05) is 74.3 Å². The lowest BCUT2D eigenvalue weighted by Gasteiger charge is -2.39. The molecular formula is C76H65N3O9. The highest BCUT2D eigenvalue weighted by Crippen LogP contribution is 2.38. The summed E-state index contributed by atoms with van der Waals surface area (Å²) in [4.78, 5) is 82.6. The van der Waals surface area contributed by atoms with E-state index < -0.39 is 23.5 Å². The summed E-state index contributed by atoms with van der Waals surface area (Å²) >= 11 is 0. The zero-order chi connectivity index (χ0) is 62.5. The van der Waals surface area contributed by atoms with Crippen LogP contribution >= 0.6 is 0 Å². The van der Waals surface area contributed by atoms with E-state index in [1.807, 2.05) is 137 Å². The minimum absolute atomic E-state index is 0.0115. The average Bonchev–Trinajstić information content (AvgIpc) is 3.73. The van der Waals surface area contributed by atoms with Crippen molar-refractivity contribution in [3.05, 3.63) is 290 Å². The fourth-order valence-electron chi connectivity index (χ4n) is 10.1. The molecule has 0 heterocycles. The molecule has 0 aliphatic rings. The third-order valence-corrected chi connectivity index (χ3v) is 15.5. The molecule has 88 heavy (non-hydrogen) atoms. The fraction of sp³-hybridized carbons (Fsp3) is 0.158.